The Kier molecular flexibility index (Phi) is 6.47. The Hall–Kier alpha value is -2.31. The maximum atomic E-state index is 5.30. The summed E-state index contributed by atoms with van der Waals surface area (Å²) in [5.41, 5.74) is 0. The van der Waals surface area contributed by atoms with Crippen molar-refractivity contribution in [1.29, 1.82) is 0 Å². The van der Waals surface area contributed by atoms with Crippen LogP contribution in [0.15, 0.2) is 32.3 Å². The third-order valence-corrected chi connectivity index (χ3v) is 2.98. The number of rotatable bonds is 8. The monoisotopic (exact) mass is 305 g/mol. The first-order valence-corrected chi connectivity index (χ1v) is 7.61. The van der Waals surface area contributed by atoms with Gasteiger partial charge in [-0.25, -0.2) is 0 Å². The first kappa shape index (κ1) is 16.1. The predicted octanol–water partition coefficient (Wildman–Crippen LogP) is 1.70. The molecule has 0 atom stereocenters. The quantitative estimate of drug-likeness (QED) is 0.438. The zero-order valence-corrected chi connectivity index (χ0v) is 13.1. The molecule has 0 radical (unpaired) electrons. The van der Waals surface area contributed by atoms with Crippen molar-refractivity contribution in [3.8, 4) is 0 Å². The van der Waals surface area contributed by atoms with Gasteiger partial charge < -0.3 is 19.6 Å². The van der Waals surface area contributed by atoms with Crippen LogP contribution in [-0.2, 0) is 12.8 Å². The van der Waals surface area contributed by atoms with Crippen molar-refractivity contribution in [2.45, 2.75) is 33.1 Å². The summed E-state index contributed by atoms with van der Waals surface area (Å²) in [7, 11) is 0. The molecule has 2 aromatic rings. The predicted molar refractivity (Wildman–Crippen MR) is 83.7 cm³/mol. The van der Waals surface area contributed by atoms with Gasteiger partial charge in [0.1, 0.15) is 5.76 Å². The summed E-state index contributed by atoms with van der Waals surface area (Å²) in [6.45, 7) is 6.18. The molecule has 0 spiro atoms. The van der Waals surface area contributed by atoms with Gasteiger partial charge >= 0.3 is 0 Å². The number of guanidine groups is 1. The van der Waals surface area contributed by atoms with Gasteiger partial charge in [-0.3, -0.25) is 4.99 Å². The molecule has 0 saturated carbocycles. The number of aryl methyl sites for hydroxylation is 2. The topological polar surface area (TPSA) is 88.5 Å². The second-order valence-electron chi connectivity index (χ2n) is 4.86. The lowest BCUT2D eigenvalue weighted by Crippen LogP contribution is -2.38. The largest absolute Gasteiger partial charge is 0.469 e. The average Bonchev–Trinajstić information content (AvgIpc) is 3.15. The SMILES string of the molecule is CCNC(=NCCCc1nc(C)no1)NCCc1ccco1. The molecular formula is C15H23N5O2. The van der Waals surface area contributed by atoms with Crippen LogP contribution in [0.1, 0.15) is 30.8 Å². The maximum Gasteiger partial charge on any atom is 0.226 e. The molecule has 0 fully saturated rings. The molecule has 0 aliphatic rings. The molecule has 120 valence electrons. The van der Waals surface area contributed by atoms with E-state index >= 15 is 0 Å². The van der Waals surface area contributed by atoms with Crippen LogP contribution >= 0.6 is 0 Å². The summed E-state index contributed by atoms with van der Waals surface area (Å²) in [4.78, 5) is 8.70. The number of aliphatic imine (C=N–C) groups is 1. The molecule has 0 saturated heterocycles. The minimum Gasteiger partial charge on any atom is -0.469 e. The third-order valence-electron chi connectivity index (χ3n) is 2.98. The summed E-state index contributed by atoms with van der Waals surface area (Å²) in [6.07, 6.45) is 4.14. The summed E-state index contributed by atoms with van der Waals surface area (Å²) in [6, 6.07) is 3.87. The summed E-state index contributed by atoms with van der Waals surface area (Å²) >= 11 is 0. The Morgan fingerprint density at radius 3 is 2.91 bits per heavy atom. The second kappa shape index (κ2) is 8.86. The summed E-state index contributed by atoms with van der Waals surface area (Å²) in [5, 5.41) is 10.3. The Balaban J connectivity index is 1.69. The molecule has 0 aromatic carbocycles. The second-order valence-corrected chi connectivity index (χ2v) is 4.86. The zero-order chi connectivity index (χ0) is 15.6. The van der Waals surface area contributed by atoms with Crippen LogP contribution in [0.4, 0.5) is 0 Å². The average molecular weight is 305 g/mol. The molecule has 0 aliphatic heterocycles. The zero-order valence-electron chi connectivity index (χ0n) is 13.1. The van der Waals surface area contributed by atoms with E-state index < -0.39 is 0 Å². The molecule has 0 bridgehead atoms. The van der Waals surface area contributed by atoms with Crippen LogP contribution in [0.3, 0.4) is 0 Å². The molecule has 0 aliphatic carbocycles. The standard InChI is InChI=1S/C15H23N5O2/c1-3-16-15(18-10-8-13-6-5-11-21-13)17-9-4-7-14-19-12(2)20-22-14/h5-6,11H,3-4,7-10H2,1-2H3,(H2,16,17,18). The van der Waals surface area contributed by atoms with E-state index in [-0.39, 0.29) is 0 Å². The molecule has 22 heavy (non-hydrogen) atoms. The van der Waals surface area contributed by atoms with E-state index in [0.29, 0.717) is 18.3 Å². The molecule has 2 aromatic heterocycles. The van der Waals surface area contributed by atoms with Gasteiger partial charge in [-0.05, 0) is 32.4 Å². The van der Waals surface area contributed by atoms with Crippen molar-refractivity contribution in [3.63, 3.8) is 0 Å². The van der Waals surface area contributed by atoms with E-state index in [1.165, 1.54) is 0 Å². The van der Waals surface area contributed by atoms with Crippen molar-refractivity contribution >= 4 is 5.96 Å². The summed E-state index contributed by atoms with van der Waals surface area (Å²) < 4.78 is 10.4. The van der Waals surface area contributed by atoms with Gasteiger partial charge in [0.2, 0.25) is 5.89 Å². The fourth-order valence-electron chi connectivity index (χ4n) is 1.96. The van der Waals surface area contributed by atoms with E-state index in [0.717, 1.165) is 44.1 Å². The molecule has 0 amide bonds. The minimum absolute atomic E-state index is 0.670. The fraction of sp³-hybridized carbons (Fsp3) is 0.533. The van der Waals surface area contributed by atoms with Gasteiger partial charge in [0, 0.05) is 32.5 Å². The number of hydrogen-bond donors (Lipinski definition) is 2. The van der Waals surface area contributed by atoms with Crippen LogP contribution in [0, 0.1) is 6.92 Å². The molecule has 0 unspecified atom stereocenters. The molecule has 2 heterocycles. The van der Waals surface area contributed by atoms with E-state index in [4.69, 9.17) is 8.94 Å². The molecule has 2 rings (SSSR count). The van der Waals surface area contributed by atoms with E-state index in [2.05, 4.69) is 25.8 Å². The lowest BCUT2D eigenvalue weighted by molar-refractivity contribution is 0.372. The number of nitrogens with zero attached hydrogens (tertiary/aromatic N) is 3. The van der Waals surface area contributed by atoms with Crippen LogP contribution in [0.25, 0.3) is 0 Å². The highest BCUT2D eigenvalue weighted by molar-refractivity contribution is 5.79. The lowest BCUT2D eigenvalue weighted by Gasteiger charge is -2.10. The first-order chi connectivity index (χ1) is 10.8. The maximum absolute atomic E-state index is 5.30. The Morgan fingerprint density at radius 1 is 1.32 bits per heavy atom. The van der Waals surface area contributed by atoms with Crippen LogP contribution in [-0.4, -0.2) is 35.7 Å². The Morgan fingerprint density at radius 2 is 2.23 bits per heavy atom. The number of aromatic nitrogens is 2. The lowest BCUT2D eigenvalue weighted by atomic mass is 10.3. The van der Waals surface area contributed by atoms with Crippen molar-refractivity contribution in [2.24, 2.45) is 4.99 Å². The van der Waals surface area contributed by atoms with E-state index in [9.17, 15) is 0 Å². The van der Waals surface area contributed by atoms with Crippen LogP contribution < -0.4 is 10.6 Å². The van der Waals surface area contributed by atoms with Crippen molar-refractivity contribution in [2.75, 3.05) is 19.6 Å². The third kappa shape index (κ3) is 5.59. The number of hydrogen-bond acceptors (Lipinski definition) is 5. The van der Waals surface area contributed by atoms with Crippen molar-refractivity contribution in [1.82, 2.24) is 20.8 Å². The molecule has 7 nitrogen and oxygen atoms in total. The van der Waals surface area contributed by atoms with Crippen molar-refractivity contribution < 1.29 is 8.94 Å². The first-order valence-electron chi connectivity index (χ1n) is 7.61. The number of furan rings is 1. The highest BCUT2D eigenvalue weighted by Crippen LogP contribution is 2.01. The van der Waals surface area contributed by atoms with Gasteiger partial charge in [0.25, 0.3) is 0 Å². The van der Waals surface area contributed by atoms with E-state index in [1.54, 1.807) is 6.26 Å². The van der Waals surface area contributed by atoms with Gasteiger partial charge in [-0.15, -0.1) is 0 Å². The smallest absolute Gasteiger partial charge is 0.226 e. The van der Waals surface area contributed by atoms with Gasteiger partial charge in [-0.2, -0.15) is 4.98 Å². The summed E-state index contributed by atoms with van der Waals surface area (Å²) in [5.74, 6) is 3.13. The van der Waals surface area contributed by atoms with E-state index in [1.807, 2.05) is 26.0 Å². The van der Waals surface area contributed by atoms with Gasteiger partial charge in [0.05, 0.1) is 6.26 Å². The normalized spacial score (nSPS) is 11.6. The van der Waals surface area contributed by atoms with Crippen LogP contribution in [0.2, 0.25) is 0 Å². The highest BCUT2D eigenvalue weighted by atomic mass is 16.5. The van der Waals surface area contributed by atoms with Gasteiger partial charge in [0.15, 0.2) is 11.8 Å². The Bertz CT molecular complexity index is 562. The highest BCUT2D eigenvalue weighted by Gasteiger charge is 2.02. The number of nitrogens with one attached hydrogen (secondary N) is 2. The van der Waals surface area contributed by atoms with Crippen molar-refractivity contribution in [3.05, 3.63) is 35.9 Å². The minimum atomic E-state index is 0.670. The van der Waals surface area contributed by atoms with Crippen LogP contribution in [0.5, 0.6) is 0 Å². The van der Waals surface area contributed by atoms with Gasteiger partial charge in [-0.1, -0.05) is 5.16 Å². The molecule has 2 N–H and O–H groups in total. The molecular weight excluding hydrogens is 282 g/mol. The Labute approximate surface area is 130 Å². The fourth-order valence-corrected chi connectivity index (χ4v) is 1.96. The molecule has 7 heteroatoms.